The van der Waals surface area contributed by atoms with Crippen molar-refractivity contribution >= 4 is 27.3 Å². The molecule has 0 spiro atoms. The molecule has 0 aliphatic rings. The number of hydrogen-bond donors (Lipinski definition) is 1. The highest BCUT2D eigenvalue weighted by molar-refractivity contribution is 9.10. The van der Waals surface area contributed by atoms with E-state index in [0.29, 0.717) is 0 Å². The number of unbranched alkanes of at least 4 members (excludes halogenated alkanes) is 3. The molecule has 1 aromatic rings. The first-order chi connectivity index (χ1) is 7.33. The van der Waals surface area contributed by atoms with Gasteiger partial charge < -0.3 is 5.32 Å². The molecule has 0 radical (unpaired) electrons. The Morgan fingerprint density at radius 1 is 1.40 bits per heavy atom. The fourth-order valence-corrected chi connectivity index (χ4v) is 2.79. The van der Waals surface area contributed by atoms with Gasteiger partial charge in [-0.05, 0) is 47.8 Å². The van der Waals surface area contributed by atoms with Crippen molar-refractivity contribution in [1.29, 1.82) is 0 Å². The number of hydrogen-bond acceptors (Lipinski definition) is 2. The molecule has 0 atom stereocenters. The Bertz CT molecular complexity index is 283. The number of thiophene rings is 1. The standard InChI is InChI=1S/C12H18BrNS/c1-2-3-4-5-6-7-14-9-12-8-11(13)10-15-12/h2,8,10,14H,1,3-7,9H2. The van der Waals surface area contributed by atoms with Crippen molar-refractivity contribution in [2.45, 2.75) is 32.2 Å². The van der Waals surface area contributed by atoms with Crippen molar-refractivity contribution < 1.29 is 0 Å². The van der Waals surface area contributed by atoms with Gasteiger partial charge in [-0.25, -0.2) is 0 Å². The minimum Gasteiger partial charge on any atom is -0.312 e. The third kappa shape index (κ3) is 6.13. The third-order valence-electron chi connectivity index (χ3n) is 2.18. The van der Waals surface area contributed by atoms with E-state index in [2.05, 4.69) is 39.3 Å². The maximum Gasteiger partial charge on any atom is 0.0300 e. The van der Waals surface area contributed by atoms with Gasteiger partial charge in [0.05, 0.1) is 0 Å². The normalized spacial score (nSPS) is 10.5. The summed E-state index contributed by atoms with van der Waals surface area (Å²) in [6.45, 7) is 5.83. The highest BCUT2D eigenvalue weighted by Gasteiger charge is 1.96. The Morgan fingerprint density at radius 3 is 2.93 bits per heavy atom. The Balaban J connectivity index is 1.95. The van der Waals surface area contributed by atoms with E-state index in [-0.39, 0.29) is 0 Å². The molecule has 0 bridgehead atoms. The van der Waals surface area contributed by atoms with Crippen LogP contribution in [0.25, 0.3) is 0 Å². The molecular formula is C12H18BrNS. The van der Waals surface area contributed by atoms with Gasteiger partial charge in [-0.2, -0.15) is 0 Å². The Hall–Kier alpha value is -0.120. The zero-order chi connectivity index (χ0) is 10.9. The minimum atomic E-state index is 0.998. The van der Waals surface area contributed by atoms with E-state index in [0.717, 1.165) is 19.5 Å². The van der Waals surface area contributed by atoms with E-state index in [4.69, 9.17) is 0 Å². The SMILES string of the molecule is C=CCCCCCNCc1cc(Br)cs1. The van der Waals surface area contributed by atoms with Crippen LogP contribution in [0.4, 0.5) is 0 Å². The Morgan fingerprint density at radius 2 is 2.27 bits per heavy atom. The molecule has 0 aliphatic carbocycles. The summed E-state index contributed by atoms with van der Waals surface area (Å²) in [5, 5.41) is 5.58. The Kier molecular flexibility index (Phi) is 6.98. The summed E-state index contributed by atoms with van der Waals surface area (Å²) in [5.41, 5.74) is 0. The van der Waals surface area contributed by atoms with Crippen molar-refractivity contribution in [2.24, 2.45) is 0 Å². The summed E-state index contributed by atoms with van der Waals surface area (Å²) in [4.78, 5) is 1.40. The smallest absolute Gasteiger partial charge is 0.0300 e. The molecule has 0 amide bonds. The summed E-state index contributed by atoms with van der Waals surface area (Å²) in [6, 6.07) is 2.18. The summed E-state index contributed by atoms with van der Waals surface area (Å²) in [5.74, 6) is 0. The fourth-order valence-electron chi connectivity index (χ4n) is 1.37. The monoisotopic (exact) mass is 287 g/mol. The van der Waals surface area contributed by atoms with Gasteiger partial charge in [-0.3, -0.25) is 0 Å². The van der Waals surface area contributed by atoms with E-state index in [1.54, 1.807) is 11.3 Å². The van der Waals surface area contributed by atoms with E-state index in [1.165, 1.54) is 28.6 Å². The highest BCUT2D eigenvalue weighted by Crippen LogP contribution is 2.19. The zero-order valence-corrected chi connectivity index (χ0v) is 11.4. The molecule has 0 saturated carbocycles. The summed E-state index contributed by atoms with van der Waals surface area (Å²) in [7, 11) is 0. The topological polar surface area (TPSA) is 12.0 Å². The minimum absolute atomic E-state index is 0.998. The predicted molar refractivity (Wildman–Crippen MR) is 72.4 cm³/mol. The van der Waals surface area contributed by atoms with E-state index in [9.17, 15) is 0 Å². The van der Waals surface area contributed by atoms with Gasteiger partial charge in [-0.15, -0.1) is 17.9 Å². The van der Waals surface area contributed by atoms with Gasteiger partial charge in [0, 0.05) is 21.3 Å². The maximum atomic E-state index is 3.72. The maximum absolute atomic E-state index is 3.72. The van der Waals surface area contributed by atoms with Crippen molar-refractivity contribution in [3.05, 3.63) is 33.5 Å². The van der Waals surface area contributed by atoms with Crippen LogP contribution in [0.15, 0.2) is 28.6 Å². The van der Waals surface area contributed by atoms with Crippen LogP contribution in [-0.2, 0) is 6.54 Å². The van der Waals surface area contributed by atoms with Gasteiger partial charge in [0.1, 0.15) is 0 Å². The molecule has 0 aliphatic heterocycles. The number of rotatable bonds is 8. The quantitative estimate of drug-likeness (QED) is 0.554. The molecule has 3 heteroatoms. The van der Waals surface area contributed by atoms with Crippen LogP contribution in [0.3, 0.4) is 0 Å². The number of halogens is 1. The number of nitrogens with one attached hydrogen (secondary N) is 1. The van der Waals surface area contributed by atoms with Crippen LogP contribution in [0, 0.1) is 0 Å². The Labute approximate surface area is 105 Å². The third-order valence-corrected chi connectivity index (χ3v) is 3.88. The van der Waals surface area contributed by atoms with E-state index >= 15 is 0 Å². The van der Waals surface area contributed by atoms with Crippen molar-refractivity contribution in [1.82, 2.24) is 5.32 Å². The summed E-state index contributed by atoms with van der Waals surface area (Å²) < 4.78 is 1.19. The molecule has 1 N–H and O–H groups in total. The highest BCUT2D eigenvalue weighted by atomic mass is 79.9. The number of allylic oxidation sites excluding steroid dienone is 1. The first-order valence-corrected chi connectivity index (χ1v) is 7.04. The van der Waals surface area contributed by atoms with Crippen LogP contribution < -0.4 is 5.32 Å². The van der Waals surface area contributed by atoms with Gasteiger partial charge in [0.2, 0.25) is 0 Å². The first-order valence-electron chi connectivity index (χ1n) is 5.37. The predicted octanol–water partition coefficient (Wildman–Crippen LogP) is 4.35. The lowest BCUT2D eigenvalue weighted by Crippen LogP contribution is -2.13. The van der Waals surface area contributed by atoms with Crippen LogP contribution in [0.2, 0.25) is 0 Å². The van der Waals surface area contributed by atoms with Gasteiger partial charge in [0.15, 0.2) is 0 Å². The van der Waals surface area contributed by atoms with Crippen molar-refractivity contribution in [2.75, 3.05) is 6.54 Å². The average molecular weight is 288 g/mol. The van der Waals surface area contributed by atoms with Gasteiger partial charge in [0.25, 0.3) is 0 Å². The van der Waals surface area contributed by atoms with E-state index < -0.39 is 0 Å². The first kappa shape index (κ1) is 12.9. The lowest BCUT2D eigenvalue weighted by atomic mass is 10.2. The fraction of sp³-hybridized carbons (Fsp3) is 0.500. The molecule has 0 unspecified atom stereocenters. The molecule has 84 valence electrons. The summed E-state index contributed by atoms with van der Waals surface area (Å²) >= 11 is 5.26. The molecule has 1 rings (SSSR count). The van der Waals surface area contributed by atoms with Gasteiger partial charge >= 0.3 is 0 Å². The molecule has 15 heavy (non-hydrogen) atoms. The van der Waals surface area contributed by atoms with Crippen LogP contribution in [0.5, 0.6) is 0 Å². The van der Waals surface area contributed by atoms with Crippen LogP contribution in [0.1, 0.15) is 30.6 Å². The van der Waals surface area contributed by atoms with Crippen LogP contribution >= 0.6 is 27.3 Å². The molecule has 1 aromatic heterocycles. The molecule has 0 fully saturated rings. The average Bonchev–Trinajstić information content (AvgIpc) is 2.63. The molecule has 0 aromatic carbocycles. The van der Waals surface area contributed by atoms with E-state index in [1.807, 2.05) is 6.08 Å². The molecule has 1 heterocycles. The molecule has 0 saturated heterocycles. The molecule has 1 nitrogen and oxygen atoms in total. The summed E-state index contributed by atoms with van der Waals surface area (Å²) in [6.07, 6.45) is 6.98. The lowest BCUT2D eigenvalue weighted by molar-refractivity contribution is 0.609. The molecular weight excluding hydrogens is 270 g/mol. The second kappa shape index (κ2) is 8.08. The lowest BCUT2D eigenvalue weighted by Gasteiger charge is -2.02. The largest absolute Gasteiger partial charge is 0.312 e. The van der Waals surface area contributed by atoms with Crippen molar-refractivity contribution in [3.63, 3.8) is 0 Å². The van der Waals surface area contributed by atoms with Crippen LogP contribution in [-0.4, -0.2) is 6.54 Å². The van der Waals surface area contributed by atoms with Gasteiger partial charge in [-0.1, -0.05) is 12.5 Å². The second-order valence-corrected chi connectivity index (χ2v) is 5.46. The second-order valence-electron chi connectivity index (χ2n) is 3.55. The zero-order valence-electron chi connectivity index (χ0n) is 8.97. The van der Waals surface area contributed by atoms with Crippen molar-refractivity contribution in [3.8, 4) is 0 Å².